The average Bonchev–Trinajstić information content (AvgIpc) is 2.46. The molecule has 1 aliphatic rings. The maximum Gasteiger partial charge on any atom is 0.410 e. The fraction of sp³-hybridized carbons (Fsp3) is 0.588. The number of hydrogen-bond donors (Lipinski definition) is 2. The summed E-state index contributed by atoms with van der Waals surface area (Å²) in [4.78, 5) is 13.9. The highest BCUT2D eigenvalue weighted by molar-refractivity contribution is 7.92. The minimum absolute atomic E-state index is 0.0313. The van der Waals surface area contributed by atoms with Crippen molar-refractivity contribution in [3.05, 3.63) is 24.3 Å². The van der Waals surface area contributed by atoms with E-state index in [4.69, 9.17) is 4.74 Å². The van der Waals surface area contributed by atoms with Crippen LogP contribution in [0.3, 0.4) is 0 Å². The summed E-state index contributed by atoms with van der Waals surface area (Å²) in [7, 11) is -3.36. The van der Waals surface area contributed by atoms with Crippen molar-refractivity contribution < 1.29 is 17.9 Å². The summed E-state index contributed by atoms with van der Waals surface area (Å²) in [5, 5.41) is 3.34. The van der Waals surface area contributed by atoms with Gasteiger partial charge in [0.1, 0.15) is 5.60 Å². The Kier molecular flexibility index (Phi) is 5.82. The largest absolute Gasteiger partial charge is 0.444 e. The molecule has 1 heterocycles. The summed E-state index contributed by atoms with van der Waals surface area (Å²) in [5.41, 5.74) is 0.673. The number of ether oxygens (including phenoxy) is 1. The third-order valence-corrected chi connectivity index (χ3v) is 4.25. The fourth-order valence-electron chi connectivity index (χ4n) is 2.70. The second-order valence-electron chi connectivity index (χ2n) is 7.33. The van der Waals surface area contributed by atoms with Gasteiger partial charge in [0, 0.05) is 19.1 Å². The molecule has 2 rings (SSSR count). The Hall–Kier alpha value is -1.96. The van der Waals surface area contributed by atoms with Crippen LogP contribution >= 0.6 is 0 Å². The minimum Gasteiger partial charge on any atom is -0.444 e. The van der Waals surface area contributed by atoms with Gasteiger partial charge in [-0.15, -0.1) is 0 Å². The normalized spacial score (nSPS) is 18.6. The molecule has 0 radical (unpaired) electrons. The summed E-state index contributed by atoms with van der Waals surface area (Å²) in [6.07, 6.45) is 2.56. The van der Waals surface area contributed by atoms with Gasteiger partial charge in [0.2, 0.25) is 10.0 Å². The highest BCUT2D eigenvalue weighted by atomic mass is 32.2. The molecule has 0 saturated carbocycles. The molecule has 0 spiro atoms. The zero-order valence-electron chi connectivity index (χ0n) is 15.2. The SMILES string of the molecule is CC(C)(C)OC(=O)N1CCCC(Nc2ccccc2NS(C)(=O)=O)C1. The van der Waals surface area contributed by atoms with E-state index in [9.17, 15) is 13.2 Å². The molecule has 0 aliphatic carbocycles. The first-order chi connectivity index (χ1) is 11.5. The molecule has 1 amide bonds. The third kappa shape index (κ3) is 6.45. The van der Waals surface area contributed by atoms with Crippen LogP contribution in [0.25, 0.3) is 0 Å². The van der Waals surface area contributed by atoms with E-state index in [1.54, 1.807) is 17.0 Å². The average molecular weight is 369 g/mol. The first kappa shape index (κ1) is 19.4. The minimum atomic E-state index is -3.36. The zero-order chi connectivity index (χ0) is 18.7. The number of benzene rings is 1. The molecule has 2 N–H and O–H groups in total. The van der Waals surface area contributed by atoms with Crippen LogP contribution in [0, 0.1) is 0 Å². The highest BCUT2D eigenvalue weighted by Gasteiger charge is 2.27. The van der Waals surface area contributed by atoms with E-state index < -0.39 is 15.6 Å². The number of rotatable bonds is 4. The molecule has 7 nitrogen and oxygen atoms in total. The van der Waals surface area contributed by atoms with E-state index in [1.807, 2.05) is 32.9 Å². The van der Waals surface area contributed by atoms with Crippen LogP contribution in [0.1, 0.15) is 33.6 Å². The lowest BCUT2D eigenvalue weighted by atomic mass is 10.1. The van der Waals surface area contributed by atoms with Crippen molar-refractivity contribution in [2.24, 2.45) is 0 Å². The number of nitrogens with one attached hydrogen (secondary N) is 2. The van der Waals surface area contributed by atoms with E-state index in [0.717, 1.165) is 19.1 Å². The van der Waals surface area contributed by atoms with Gasteiger partial charge in [0.05, 0.1) is 17.6 Å². The van der Waals surface area contributed by atoms with Gasteiger partial charge in [-0.3, -0.25) is 4.72 Å². The lowest BCUT2D eigenvalue weighted by Crippen LogP contribution is -2.47. The Labute approximate surface area is 149 Å². The standard InChI is InChI=1S/C17H27N3O4S/c1-17(2,3)24-16(21)20-11-7-8-13(12-20)18-14-9-5-6-10-15(14)19-25(4,22)23/h5-6,9-10,13,18-19H,7-8,11-12H2,1-4H3. The van der Waals surface area contributed by atoms with Gasteiger partial charge in [0.15, 0.2) is 0 Å². The van der Waals surface area contributed by atoms with Crippen molar-refractivity contribution in [3.63, 3.8) is 0 Å². The van der Waals surface area contributed by atoms with Gasteiger partial charge >= 0.3 is 6.09 Å². The van der Waals surface area contributed by atoms with Gasteiger partial charge < -0.3 is 15.0 Å². The maximum absolute atomic E-state index is 12.3. The van der Waals surface area contributed by atoms with Gasteiger partial charge in [0.25, 0.3) is 0 Å². The number of sulfonamides is 1. The quantitative estimate of drug-likeness (QED) is 0.852. The number of anilines is 2. The molecule has 8 heteroatoms. The number of piperidine rings is 1. The van der Waals surface area contributed by atoms with Crippen molar-refractivity contribution in [2.75, 3.05) is 29.4 Å². The van der Waals surface area contributed by atoms with Gasteiger partial charge in [-0.05, 0) is 45.7 Å². The Balaban J connectivity index is 2.05. The van der Waals surface area contributed by atoms with Crippen LogP contribution in [0.15, 0.2) is 24.3 Å². The molecule has 0 aromatic heterocycles. The summed E-state index contributed by atoms with van der Waals surface area (Å²) in [6.45, 7) is 6.71. The Bertz CT molecular complexity index is 713. The third-order valence-electron chi connectivity index (χ3n) is 3.66. The van der Waals surface area contributed by atoms with Crippen LogP contribution < -0.4 is 10.0 Å². The predicted molar refractivity (Wildman–Crippen MR) is 99.4 cm³/mol. The van der Waals surface area contributed by atoms with E-state index in [2.05, 4.69) is 10.0 Å². The molecule has 1 aromatic rings. The number of para-hydroxylation sites is 2. The smallest absolute Gasteiger partial charge is 0.410 e. The van der Waals surface area contributed by atoms with Crippen molar-refractivity contribution in [3.8, 4) is 0 Å². The lowest BCUT2D eigenvalue weighted by molar-refractivity contribution is 0.0206. The molecule has 0 bridgehead atoms. The Morgan fingerprint density at radius 3 is 2.48 bits per heavy atom. The molecule has 1 aromatic carbocycles. The van der Waals surface area contributed by atoms with Crippen molar-refractivity contribution in [1.82, 2.24) is 4.90 Å². The second kappa shape index (κ2) is 7.51. The molecule has 1 fully saturated rings. The van der Waals surface area contributed by atoms with Crippen LogP contribution in [0.5, 0.6) is 0 Å². The first-order valence-electron chi connectivity index (χ1n) is 8.35. The number of nitrogens with zero attached hydrogens (tertiary/aromatic N) is 1. The monoisotopic (exact) mass is 369 g/mol. The number of carbonyl (C=O) groups excluding carboxylic acids is 1. The first-order valence-corrected chi connectivity index (χ1v) is 10.2. The van der Waals surface area contributed by atoms with Crippen molar-refractivity contribution in [2.45, 2.75) is 45.3 Å². The zero-order valence-corrected chi connectivity index (χ0v) is 16.0. The topological polar surface area (TPSA) is 87.7 Å². The number of hydrogen-bond acceptors (Lipinski definition) is 5. The number of likely N-dealkylation sites (tertiary alicyclic amines) is 1. The summed E-state index contributed by atoms with van der Waals surface area (Å²) >= 11 is 0. The molecule has 140 valence electrons. The summed E-state index contributed by atoms with van der Waals surface area (Å²) in [6, 6.07) is 7.16. The fourth-order valence-corrected chi connectivity index (χ4v) is 3.28. The summed E-state index contributed by atoms with van der Waals surface area (Å²) < 4.78 is 31.0. The number of amides is 1. The molecule has 1 atom stereocenters. The van der Waals surface area contributed by atoms with E-state index in [0.29, 0.717) is 24.5 Å². The Morgan fingerprint density at radius 1 is 1.24 bits per heavy atom. The van der Waals surface area contributed by atoms with Crippen LogP contribution in [0.4, 0.5) is 16.2 Å². The van der Waals surface area contributed by atoms with Gasteiger partial charge in [-0.25, -0.2) is 13.2 Å². The molecule has 25 heavy (non-hydrogen) atoms. The molecule has 1 unspecified atom stereocenters. The van der Waals surface area contributed by atoms with Crippen molar-refractivity contribution >= 4 is 27.5 Å². The molecular weight excluding hydrogens is 342 g/mol. The van der Waals surface area contributed by atoms with Crippen LogP contribution in [0.2, 0.25) is 0 Å². The van der Waals surface area contributed by atoms with Crippen LogP contribution in [-0.4, -0.2) is 50.4 Å². The van der Waals surface area contributed by atoms with E-state index in [1.165, 1.54) is 0 Å². The van der Waals surface area contributed by atoms with Crippen LogP contribution in [-0.2, 0) is 14.8 Å². The molecular formula is C17H27N3O4S. The molecule has 1 saturated heterocycles. The maximum atomic E-state index is 12.3. The lowest BCUT2D eigenvalue weighted by Gasteiger charge is -2.35. The highest BCUT2D eigenvalue weighted by Crippen LogP contribution is 2.25. The van der Waals surface area contributed by atoms with E-state index in [-0.39, 0.29) is 12.1 Å². The predicted octanol–water partition coefficient (Wildman–Crippen LogP) is 2.87. The molecule has 1 aliphatic heterocycles. The van der Waals surface area contributed by atoms with E-state index >= 15 is 0 Å². The summed E-state index contributed by atoms with van der Waals surface area (Å²) in [5.74, 6) is 0. The van der Waals surface area contributed by atoms with Crippen molar-refractivity contribution in [1.29, 1.82) is 0 Å². The second-order valence-corrected chi connectivity index (χ2v) is 9.08. The van der Waals surface area contributed by atoms with Gasteiger partial charge in [-0.2, -0.15) is 0 Å². The van der Waals surface area contributed by atoms with Gasteiger partial charge in [-0.1, -0.05) is 12.1 Å². The Morgan fingerprint density at radius 2 is 1.88 bits per heavy atom. The number of carbonyl (C=O) groups is 1.